The summed E-state index contributed by atoms with van der Waals surface area (Å²) in [6.45, 7) is 0.816. The third kappa shape index (κ3) is 3.57. The van der Waals surface area contributed by atoms with Crippen molar-refractivity contribution in [2.24, 2.45) is 0 Å². The Balaban J connectivity index is 1.40. The van der Waals surface area contributed by atoms with Crippen LogP contribution in [0.5, 0.6) is 5.75 Å². The van der Waals surface area contributed by atoms with Crippen molar-refractivity contribution in [1.82, 2.24) is 4.98 Å². The summed E-state index contributed by atoms with van der Waals surface area (Å²) in [5.74, 6) is 0.879. The Morgan fingerprint density at radius 1 is 1.06 bits per heavy atom. The van der Waals surface area contributed by atoms with E-state index in [0.717, 1.165) is 41.1 Å². The molecule has 6 heteroatoms. The number of carbonyl (C=O) groups excluding carboxylic acids is 1. The van der Waals surface area contributed by atoms with E-state index >= 15 is 0 Å². The van der Waals surface area contributed by atoms with Crippen molar-refractivity contribution in [2.45, 2.75) is 6.42 Å². The number of hydrogen-bond acceptors (Lipinski definition) is 4. The van der Waals surface area contributed by atoms with E-state index in [1.165, 1.54) is 17.7 Å². The molecule has 2 heterocycles. The van der Waals surface area contributed by atoms with Gasteiger partial charge in [0.15, 0.2) is 0 Å². The Hall–Kier alpha value is -3.93. The van der Waals surface area contributed by atoms with Gasteiger partial charge in [0.1, 0.15) is 17.4 Å². The lowest BCUT2D eigenvalue weighted by Gasteiger charge is -2.19. The Labute approximate surface area is 179 Å². The van der Waals surface area contributed by atoms with E-state index in [2.05, 4.69) is 16.3 Å². The van der Waals surface area contributed by atoms with E-state index in [1.54, 1.807) is 31.4 Å². The highest BCUT2D eigenvalue weighted by atomic mass is 19.1. The maximum absolute atomic E-state index is 13.8. The van der Waals surface area contributed by atoms with Crippen molar-refractivity contribution >= 4 is 34.0 Å². The summed E-state index contributed by atoms with van der Waals surface area (Å²) in [6.07, 6.45) is 0.903. The molecule has 0 saturated heterocycles. The van der Waals surface area contributed by atoms with Crippen LogP contribution < -0.4 is 15.0 Å². The van der Waals surface area contributed by atoms with E-state index in [1.807, 2.05) is 30.3 Å². The summed E-state index contributed by atoms with van der Waals surface area (Å²) in [5, 5.41) is 3.70. The van der Waals surface area contributed by atoms with E-state index in [0.29, 0.717) is 5.56 Å². The minimum absolute atomic E-state index is 0.163. The van der Waals surface area contributed by atoms with Gasteiger partial charge in [0.25, 0.3) is 5.91 Å². The zero-order valence-electron chi connectivity index (χ0n) is 16.9. The van der Waals surface area contributed by atoms with Crippen LogP contribution in [0.25, 0.3) is 10.9 Å². The summed E-state index contributed by atoms with van der Waals surface area (Å²) < 4.78 is 19.1. The summed E-state index contributed by atoms with van der Waals surface area (Å²) in [5.41, 5.74) is 3.65. The van der Waals surface area contributed by atoms with E-state index in [-0.39, 0.29) is 11.6 Å². The van der Waals surface area contributed by atoms with Crippen LogP contribution in [-0.2, 0) is 6.42 Å². The molecule has 0 atom stereocenters. The SMILES string of the molecule is COc1ccc2cc3c(nc2c1)N(c1ccc(C(=O)Nc2ccccc2F)cc1)CC3. The lowest BCUT2D eigenvalue weighted by molar-refractivity contribution is 0.102. The number of pyridine rings is 1. The van der Waals surface area contributed by atoms with Crippen LogP contribution >= 0.6 is 0 Å². The molecule has 31 heavy (non-hydrogen) atoms. The molecule has 4 aromatic rings. The van der Waals surface area contributed by atoms with Crippen molar-refractivity contribution in [3.8, 4) is 5.75 Å². The van der Waals surface area contributed by atoms with Crippen LogP contribution in [0.4, 0.5) is 21.6 Å². The van der Waals surface area contributed by atoms with Crippen LogP contribution in [0.2, 0.25) is 0 Å². The second-order valence-corrected chi connectivity index (χ2v) is 7.41. The van der Waals surface area contributed by atoms with Gasteiger partial charge in [0, 0.05) is 29.2 Å². The predicted molar refractivity (Wildman–Crippen MR) is 120 cm³/mol. The highest BCUT2D eigenvalue weighted by Crippen LogP contribution is 2.35. The molecular weight excluding hydrogens is 393 g/mol. The molecule has 154 valence electrons. The topological polar surface area (TPSA) is 54.5 Å². The number of para-hydroxylation sites is 1. The van der Waals surface area contributed by atoms with E-state index in [4.69, 9.17) is 9.72 Å². The van der Waals surface area contributed by atoms with E-state index in [9.17, 15) is 9.18 Å². The van der Waals surface area contributed by atoms with Crippen LogP contribution in [0.1, 0.15) is 15.9 Å². The number of halogens is 1. The number of amides is 1. The van der Waals surface area contributed by atoms with Crippen LogP contribution in [0.15, 0.2) is 72.8 Å². The number of methoxy groups -OCH3 is 1. The average Bonchev–Trinajstić information content (AvgIpc) is 3.21. The lowest BCUT2D eigenvalue weighted by atomic mass is 10.1. The minimum atomic E-state index is -0.462. The first-order chi connectivity index (χ1) is 15.1. The third-order valence-corrected chi connectivity index (χ3v) is 5.50. The van der Waals surface area contributed by atoms with Gasteiger partial charge in [0.2, 0.25) is 0 Å². The van der Waals surface area contributed by atoms with Gasteiger partial charge in [-0.25, -0.2) is 9.37 Å². The maximum Gasteiger partial charge on any atom is 0.255 e. The number of nitrogens with zero attached hydrogens (tertiary/aromatic N) is 2. The molecule has 0 bridgehead atoms. The molecule has 1 N–H and O–H groups in total. The monoisotopic (exact) mass is 413 g/mol. The zero-order valence-corrected chi connectivity index (χ0v) is 16.9. The van der Waals surface area contributed by atoms with Gasteiger partial charge in [-0.15, -0.1) is 0 Å². The third-order valence-electron chi connectivity index (χ3n) is 5.50. The standard InChI is InChI=1S/C25H20FN3O2/c1-31-20-11-8-17-14-18-12-13-29(24(18)27-23(17)15-20)19-9-6-16(7-10-19)25(30)28-22-5-3-2-4-21(22)26/h2-11,14-15H,12-13H2,1H3,(H,28,30). The molecule has 0 fully saturated rings. The Morgan fingerprint density at radius 3 is 2.65 bits per heavy atom. The Morgan fingerprint density at radius 2 is 1.87 bits per heavy atom. The van der Waals surface area contributed by atoms with Crippen LogP contribution in [0.3, 0.4) is 0 Å². The Bertz CT molecular complexity index is 1290. The van der Waals surface area contributed by atoms with Crippen LogP contribution in [-0.4, -0.2) is 24.5 Å². The molecule has 1 aromatic heterocycles. The fraction of sp³-hybridized carbons (Fsp3) is 0.120. The lowest BCUT2D eigenvalue weighted by Crippen LogP contribution is -2.16. The molecule has 1 aliphatic rings. The molecule has 1 amide bonds. The summed E-state index contributed by atoms with van der Waals surface area (Å²) >= 11 is 0. The molecule has 0 aliphatic carbocycles. The highest BCUT2D eigenvalue weighted by molar-refractivity contribution is 6.04. The molecule has 0 spiro atoms. The molecule has 3 aromatic carbocycles. The molecule has 5 nitrogen and oxygen atoms in total. The maximum atomic E-state index is 13.8. The van der Waals surface area contributed by atoms with E-state index < -0.39 is 5.82 Å². The van der Waals surface area contributed by atoms with Gasteiger partial charge in [-0.1, -0.05) is 12.1 Å². The first-order valence-corrected chi connectivity index (χ1v) is 10.0. The highest BCUT2D eigenvalue weighted by Gasteiger charge is 2.23. The smallest absolute Gasteiger partial charge is 0.255 e. The largest absolute Gasteiger partial charge is 0.497 e. The first-order valence-electron chi connectivity index (χ1n) is 10.0. The number of benzene rings is 3. The average molecular weight is 413 g/mol. The first kappa shape index (κ1) is 19.1. The number of anilines is 3. The molecule has 0 radical (unpaired) electrons. The quantitative estimate of drug-likeness (QED) is 0.491. The molecular formula is C25H20FN3O2. The number of fused-ring (bicyclic) bond motifs is 2. The molecule has 1 aliphatic heterocycles. The normalized spacial score (nSPS) is 12.6. The van der Waals surface area contributed by atoms with Gasteiger partial charge in [-0.3, -0.25) is 4.79 Å². The van der Waals surface area contributed by atoms with Gasteiger partial charge >= 0.3 is 0 Å². The number of aromatic nitrogens is 1. The van der Waals surface area contributed by atoms with Crippen molar-refractivity contribution in [3.63, 3.8) is 0 Å². The number of rotatable bonds is 4. The molecule has 5 rings (SSSR count). The number of ether oxygens (including phenoxy) is 1. The summed E-state index contributed by atoms with van der Waals surface area (Å²) in [7, 11) is 1.64. The Kier molecular flexibility index (Phi) is 4.75. The van der Waals surface area contributed by atoms with Gasteiger partial charge in [-0.05, 0) is 66.6 Å². The fourth-order valence-corrected chi connectivity index (χ4v) is 3.86. The number of hydrogen-bond donors (Lipinski definition) is 1. The number of nitrogens with one attached hydrogen (secondary N) is 1. The second-order valence-electron chi connectivity index (χ2n) is 7.41. The molecule has 0 unspecified atom stereocenters. The summed E-state index contributed by atoms with van der Waals surface area (Å²) in [6, 6.07) is 21.5. The van der Waals surface area contributed by atoms with Gasteiger partial charge < -0.3 is 15.0 Å². The van der Waals surface area contributed by atoms with Crippen LogP contribution in [0, 0.1) is 5.82 Å². The zero-order chi connectivity index (χ0) is 21.4. The van der Waals surface area contributed by atoms with Crippen molar-refractivity contribution in [2.75, 3.05) is 23.9 Å². The molecule has 0 saturated carbocycles. The van der Waals surface area contributed by atoms with Crippen molar-refractivity contribution in [1.29, 1.82) is 0 Å². The number of carbonyl (C=O) groups is 1. The van der Waals surface area contributed by atoms with Crippen molar-refractivity contribution in [3.05, 3.63) is 89.7 Å². The predicted octanol–water partition coefficient (Wildman–Crippen LogP) is 5.33. The van der Waals surface area contributed by atoms with Crippen molar-refractivity contribution < 1.29 is 13.9 Å². The minimum Gasteiger partial charge on any atom is -0.497 e. The second kappa shape index (κ2) is 7.72. The fourth-order valence-electron chi connectivity index (χ4n) is 3.86. The van der Waals surface area contributed by atoms with Gasteiger partial charge in [-0.2, -0.15) is 0 Å². The van der Waals surface area contributed by atoms with Gasteiger partial charge in [0.05, 0.1) is 18.3 Å². The summed E-state index contributed by atoms with van der Waals surface area (Å²) in [4.78, 5) is 19.5.